The van der Waals surface area contributed by atoms with Crippen molar-refractivity contribution in [3.63, 3.8) is 0 Å². The molecule has 1 aromatic carbocycles. The van der Waals surface area contributed by atoms with Crippen molar-refractivity contribution in [2.24, 2.45) is 0 Å². The van der Waals surface area contributed by atoms with Crippen LogP contribution in [0.2, 0.25) is 0 Å². The van der Waals surface area contributed by atoms with Crippen LogP contribution in [0.25, 0.3) is 0 Å². The normalized spacial score (nSPS) is 39.4. The summed E-state index contributed by atoms with van der Waals surface area (Å²) >= 11 is 0. The minimum Gasteiger partial charge on any atom is -0.385 e. The van der Waals surface area contributed by atoms with Gasteiger partial charge in [0.15, 0.2) is 12.6 Å². The minimum atomic E-state index is -1.66. The number of fused-ring (bicyclic) bond motifs is 1. The average Bonchev–Trinajstić information content (AvgIpc) is 2.63. The number of hydrogen-bond donors (Lipinski definition) is 2. The van der Waals surface area contributed by atoms with Crippen molar-refractivity contribution in [2.75, 3.05) is 26.9 Å². The Balaban J connectivity index is 1.84. The van der Waals surface area contributed by atoms with E-state index in [-0.39, 0.29) is 13.2 Å². The summed E-state index contributed by atoms with van der Waals surface area (Å²) in [5.74, 6) is 0. The van der Waals surface area contributed by atoms with E-state index in [4.69, 9.17) is 23.7 Å². The lowest BCUT2D eigenvalue weighted by molar-refractivity contribution is -0.388. The lowest BCUT2D eigenvalue weighted by Gasteiger charge is -2.52. The molecule has 0 spiro atoms. The Labute approximate surface area is 141 Å². The fourth-order valence-corrected chi connectivity index (χ4v) is 3.13. The highest BCUT2D eigenvalue weighted by atomic mass is 16.8. The standard InChI is InChI=1S/C17H24O7/c1-3-21-10-17(19)13(18)16(20-2)23-12-9-22-15(24-14(12)17)11-7-5-4-6-8-11/h4-8,12-16,18-19H,3,9-10H2,1-2H3/t12-,13+,14-,15?,16-,17-/m1/s1. The number of methoxy groups -OCH3 is 1. The molecule has 2 aliphatic rings. The fraction of sp³-hybridized carbons (Fsp3) is 0.647. The van der Waals surface area contributed by atoms with Gasteiger partial charge in [-0.25, -0.2) is 0 Å². The van der Waals surface area contributed by atoms with Crippen molar-refractivity contribution < 1.29 is 33.9 Å². The molecule has 2 aliphatic heterocycles. The molecule has 2 fully saturated rings. The molecule has 0 bridgehead atoms. The third-order valence-corrected chi connectivity index (χ3v) is 4.43. The van der Waals surface area contributed by atoms with E-state index in [1.165, 1.54) is 7.11 Å². The number of benzene rings is 1. The lowest BCUT2D eigenvalue weighted by atomic mass is 9.84. The van der Waals surface area contributed by atoms with E-state index < -0.39 is 36.5 Å². The van der Waals surface area contributed by atoms with Crippen molar-refractivity contribution in [1.82, 2.24) is 0 Å². The number of ether oxygens (including phenoxy) is 5. The zero-order valence-corrected chi connectivity index (χ0v) is 13.8. The third kappa shape index (κ3) is 3.21. The van der Waals surface area contributed by atoms with Crippen LogP contribution in [-0.2, 0) is 23.7 Å². The Morgan fingerprint density at radius 1 is 1.25 bits per heavy atom. The van der Waals surface area contributed by atoms with Gasteiger partial charge in [-0.1, -0.05) is 30.3 Å². The first-order valence-corrected chi connectivity index (χ1v) is 8.08. The zero-order valence-electron chi connectivity index (χ0n) is 13.8. The molecule has 134 valence electrons. The van der Waals surface area contributed by atoms with E-state index >= 15 is 0 Å². The molecular formula is C17H24O7. The maximum Gasteiger partial charge on any atom is 0.186 e. The first-order valence-electron chi connectivity index (χ1n) is 8.08. The van der Waals surface area contributed by atoms with Gasteiger partial charge >= 0.3 is 0 Å². The summed E-state index contributed by atoms with van der Waals surface area (Å²) in [6.45, 7) is 2.35. The van der Waals surface area contributed by atoms with Gasteiger partial charge in [-0.3, -0.25) is 0 Å². The summed E-state index contributed by atoms with van der Waals surface area (Å²) in [5, 5.41) is 21.6. The van der Waals surface area contributed by atoms with Gasteiger partial charge in [0, 0.05) is 19.3 Å². The summed E-state index contributed by atoms with van der Waals surface area (Å²) < 4.78 is 27.9. The summed E-state index contributed by atoms with van der Waals surface area (Å²) in [5.41, 5.74) is -0.825. The van der Waals surface area contributed by atoms with E-state index in [2.05, 4.69) is 0 Å². The molecular weight excluding hydrogens is 316 g/mol. The van der Waals surface area contributed by atoms with Crippen LogP contribution in [0.5, 0.6) is 0 Å². The molecule has 0 amide bonds. The minimum absolute atomic E-state index is 0.0867. The van der Waals surface area contributed by atoms with Gasteiger partial charge in [-0.15, -0.1) is 0 Å². The van der Waals surface area contributed by atoms with Gasteiger partial charge in [0.05, 0.1) is 13.2 Å². The lowest BCUT2D eigenvalue weighted by Crippen LogP contribution is -2.71. The molecule has 0 saturated carbocycles. The quantitative estimate of drug-likeness (QED) is 0.812. The average molecular weight is 340 g/mol. The highest BCUT2D eigenvalue weighted by molar-refractivity contribution is 5.17. The van der Waals surface area contributed by atoms with E-state index in [0.29, 0.717) is 6.61 Å². The molecule has 1 unspecified atom stereocenters. The second-order valence-corrected chi connectivity index (χ2v) is 5.98. The van der Waals surface area contributed by atoms with Crippen molar-refractivity contribution in [2.45, 2.75) is 43.4 Å². The van der Waals surface area contributed by atoms with E-state index in [9.17, 15) is 10.2 Å². The smallest absolute Gasteiger partial charge is 0.186 e. The number of rotatable bonds is 5. The van der Waals surface area contributed by atoms with Crippen LogP contribution in [0.3, 0.4) is 0 Å². The van der Waals surface area contributed by atoms with Crippen LogP contribution < -0.4 is 0 Å². The summed E-state index contributed by atoms with van der Waals surface area (Å²) in [6.07, 6.45) is -4.29. The Kier molecular flexibility index (Phi) is 5.51. The molecule has 1 aromatic rings. The van der Waals surface area contributed by atoms with Crippen molar-refractivity contribution >= 4 is 0 Å². The number of aliphatic hydroxyl groups is 2. The maximum atomic E-state index is 11.1. The summed E-state index contributed by atoms with van der Waals surface area (Å²) in [4.78, 5) is 0. The number of aliphatic hydroxyl groups excluding tert-OH is 1. The van der Waals surface area contributed by atoms with Gasteiger partial charge in [0.2, 0.25) is 0 Å². The van der Waals surface area contributed by atoms with Crippen LogP contribution in [0.1, 0.15) is 18.8 Å². The van der Waals surface area contributed by atoms with Crippen LogP contribution in [0, 0.1) is 0 Å². The highest BCUT2D eigenvalue weighted by Crippen LogP contribution is 2.39. The van der Waals surface area contributed by atoms with E-state index in [0.717, 1.165) is 5.56 Å². The zero-order chi connectivity index (χ0) is 17.2. The molecule has 7 nitrogen and oxygen atoms in total. The topological polar surface area (TPSA) is 86.6 Å². The Hall–Kier alpha value is -1.06. The molecule has 0 aromatic heterocycles. The second-order valence-electron chi connectivity index (χ2n) is 5.98. The molecule has 2 heterocycles. The molecule has 7 heteroatoms. The van der Waals surface area contributed by atoms with E-state index in [1.54, 1.807) is 0 Å². The van der Waals surface area contributed by atoms with Crippen molar-refractivity contribution in [3.05, 3.63) is 35.9 Å². The van der Waals surface area contributed by atoms with Crippen LogP contribution >= 0.6 is 0 Å². The summed E-state index contributed by atoms with van der Waals surface area (Å²) in [6, 6.07) is 9.42. The Bertz CT molecular complexity index is 525. The van der Waals surface area contributed by atoms with Gasteiger partial charge in [0.25, 0.3) is 0 Å². The third-order valence-electron chi connectivity index (χ3n) is 4.43. The SMILES string of the molecule is CCOC[C@]1(O)[C@@H]2OC(c3ccccc3)OC[C@H]2O[C@@H](OC)[C@@H]1O. The summed E-state index contributed by atoms with van der Waals surface area (Å²) in [7, 11) is 1.41. The Morgan fingerprint density at radius 2 is 2.00 bits per heavy atom. The van der Waals surface area contributed by atoms with Crippen molar-refractivity contribution in [1.29, 1.82) is 0 Å². The van der Waals surface area contributed by atoms with Crippen molar-refractivity contribution in [3.8, 4) is 0 Å². The second kappa shape index (κ2) is 7.45. The molecule has 2 N–H and O–H groups in total. The first-order chi connectivity index (χ1) is 11.6. The number of hydrogen-bond acceptors (Lipinski definition) is 7. The predicted molar refractivity (Wildman–Crippen MR) is 83.1 cm³/mol. The molecule has 24 heavy (non-hydrogen) atoms. The van der Waals surface area contributed by atoms with Crippen LogP contribution in [0.15, 0.2) is 30.3 Å². The molecule has 3 rings (SSSR count). The highest BCUT2D eigenvalue weighted by Gasteiger charge is 2.59. The largest absolute Gasteiger partial charge is 0.385 e. The first kappa shape index (κ1) is 17.8. The predicted octanol–water partition coefficient (Wildman–Crippen LogP) is 0.600. The monoisotopic (exact) mass is 340 g/mol. The Morgan fingerprint density at radius 3 is 2.67 bits per heavy atom. The molecule has 0 radical (unpaired) electrons. The maximum absolute atomic E-state index is 11.1. The van der Waals surface area contributed by atoms with Gasteiger partial charge in [-0.05, 0) is 6.92 Å². The molecule has 6 atom stereocenters. The van der Waals surface area contributed by atoms with Gasteiger partial charge in [0.1, 0.15) is 23.9 Å². The molecule has 2 saturated heterocycles. The van der Waals surface area contributed by atoms with Gasteiger partial charge in [-0.2, -0.15) is 0 Å². The van der Waals surface area contributed by atoms with E-state index in [1.807, 2.05) is 37.3 Å². The van der Waals surface area contributed by atoms with Crippen LogP contribution in [0.4, 0.5) is 0 Å². The fourth-order valence-electron chi connectivity index (χ4n) is 3.13. The van der Waals surface area contributed by atoms with Crippen LogP contribution in [-0.4, -0.2) is 67.3 Å². The van der Waals surface area contributed by atoms with Gasteiger partial charge < -0.3 is 33.9 Å². The molecule has 0 aliphatic carbocycles.